The summed E-state index contributed by atoms with van der Waals surface area (Å²) in [6.07, 6.45) is 8.30. The fraction of sp³-hybridized carbons (Fsp3) is 0.556. The van der Waals surface area contributed by atoms with Crippen LogP contribution in [0.25, 0.3) is 0 Å². The summed E-state index contributed by atoms with van der Waals surface area (Å²) in [7, 11) is 3.20. The Bertz CT molecular complexity index is 1010. The summed E-state index contributed by atoms with van der Waals surface area (Å²) < 4.78 is 10.5. The zero-order valence-corrected chi connectivity index (χ0v) is 21.5. The van der Waals surface area contributed by atoms with E-state index in [-0.39, 0.29) is 18.3 Å². The molecule has 35 heavy (non-hydrogen) atoms. The molecule has 0 aromatic carbocycles. The molecule has 1 aliphatic rings. The Morgan fingerprint density at radius 1 is 1.17 bits per heavy atom. The smallest absolute Gasteiger partial charge is 0.306 e. The van der Waals surface area contributed by atoms with E-state index in [1.165, 1.54) is 7.11 Å². The summed E-state index contributed by atoms with van der Waals surface area (Å²) in [6.45, 7) is 7.32. The van der Waals surface area contributed by atoms with Crippen LogP contribution >= 0.6 is 0 Å². The molecular formula is C27H37N5O3. The van der Waals surface area contributed by atoms with E-state index in [1.807, 2.05) is 19.2 Å². The molecule has 188 valence electrons. The van der Waals surface area contributed by atoms with Gasteiger partial charge in [0, 0.05) is 25.9 Å². The van der Waals surface area contributed by atoms with Crippen LogP contribution in [0.2, 0.25) is 0 Å². The third kappa shape index (κ3) is 7.15. The van der Waals surface area contributed by atoms with Crippen molar-refractivity contribution in [1.29, 1.82) is 5.26 Å². The predicted molar refractivity (Wildman–Crippen MR) is 137 cm³/mol. The van der Waals surface area contributed by atoms with Crippen molar-refractivity contribution in [2.45, 2.75) is 70.9 Å². The summed E-state index contributed by atoms with van der Waals surface area (Å²) in [6, 6.07) is 8.03. The van der Waals surface area contributed by atoms with Crippen LogP contribution in [0.1, 0.15) is 70.1 Å². The standard InChI is InChI=1S/C27H37N5O3/c1-18(2)17-32(23-8-10-24(34-4)11-9-23)27-25(31-22-7-6-21(14-28)29-16-22)13-20(15-30-27)19(3)12-26(33)35-5/h6-7,13,15-16,18-19,23-24,31H,8-12,17H2,1-5H3/t19-,23-,24+/m1/s1. The Morgan fingerprint density at radius 3 is 2.49 bits per heavy atom. The average Bonchev–Trinajstić information content (AvgIpc) is 2.87. The molecule has 0 aliphatic heterocycles. The molecule has 1 aliphatic carbocycles. The second kappa shape index (κ2) is 12.5. The first-order valence-corrected chi connectivity index (χ1v) is 12.3. The number of nitrogens with zero attached hydrogens (tertiary/aromatic N) is 4. The fourth-order valence-electron chi connectivity index (χ4n) is 4.60. The van der Waals surface area contributed by atoms with Crippen LogP contribution in [0.5, 0.6) is 0 Å². The van der Waals surface area contributed by atoms with Crippen LogP contribution in [0.4, 0.5) is 17.2 Å². The monoisotopic (exact) mass is 479 g/mol. The third-order valence-corrected chi connectivity index (χ3v) is 6.57. The minimum absolute atomic E-state index is 0.0423. The average molecular weight is 480 g/mol. The first-order valence-electron chi connectivity index (χ1n) is 12.3. The van der Waals surface area contributed by atoms with Crippen molar-refractivity contribution in [3.05, 3.63) is 41.9 Å². The second-order valence-electron chi connectivity index (χ2n) is 9.70. The van der Waals surface area contributed by atoms with Gasteiger partial charge in [-0.25, -0.2) is 9.97 Å². The van der Waals surface area contributed by atoms with Crippen molar-refractivity contribution in [2.24, 2.45) is 5.92 Å². The molecule has 1 fully saturated rings. The molecule has 2 aromatic heterocycles. The maximum atomic E-state index is 11.9. The molecule has 0 bridgehead atoms. The number of nitrogens with one attached hydrogen (secondary N) is 1. The molecule has 0 radical (unpaired) electrons. The van der Waals surface area contributed by atoms with Crippen molar-refractivity contribution >= 4 is 23.2 Å². The van der Waals surface area contributed by atoms with E-state index in [4.69, 9.17) is 19.7 Å². The lowest BCUT2D eigenvalue weighted by Crippen LogP contribution is -2.42. The summed E-state index contributed by atoms with van der Waals surface area (Å²) in [5.41, 5.74) is 2.96. The first kappa shape index (κ1) is 26.4. The van der Waals surface area contributed by atoms with Crippen LogP contribution in [0.15, 0.2) is 30.6 Å². The number of rotatable bonds is 10. The third-order valence-electron chi connectivity index (χ3n) is 6.57. The number of carbonyl (C=O) groups excluding carboxylic acids is 1. The molecule has 2 heterocycles. The largest absolute Gasteiger partial charge is 0.469 e. The summed E-state index contributed by atoms with van der Waals surface area (Å²) >= 11 is 0. The number of hydrogen-bond acceptors (Lipinski definition) is 8. The second-order valence-corrected chi connectivity index (χ2v) is 9.70. The van der Waals surface area contributed by atoms with Gasteiger partial charge < -0.3 is 19.7 Å². The Kier molecular flexibility index (Phi) is 9.44. The van der Waals surface area contributed by atoms with Crippen LogP contribution in [-0.4, -0.2) is 48.8 Å². The van der Waals surface area contributed by atoms with Gasteiger partial charge >= 0.3 is 5.97 Å². The first-order chi connectivity index (χ1) is 16.8. The Balaban J connectivity index is 1.98. The van der Waals surface area contributed by atoms with Crippen LogP contribution < -0.4 is 10.2 Å². The van der Waals surface area contributed by atoms with Gasteiger partial charge in [0.2, 0.25) is 0 Å². The number of esters is 1. The van der Waals surface area contributed by atoms with Gasteiger partial charge in [0.25, 0.3) is 0 Å². The van der Waals surface area contributed by atoms with E-state index in [0.717, 1.165) is 55.0 Å². The van der Waals surface area contributed by atoms with E-state index in [2.05, 4.69) is 41.2 Å². The number of methoxy groups -OCH3 is 2. The highest BCUT2D eigenvalue weighted by atomic mass is 16.5. The molecule has 1 atom stereocenters. The summed E-state index contributed by atoms with van der Waals surface area (Å²) in [5.74, 6) is 1.06. The zero-order valence-electron chi connectivity index (χ0n) is 21.5. The minimum Gasteiger partial charge on any atom is -0.469 e. The van der Waals surface area contributed by atoms with Crippen molar-refractivity contribution in [2.75, 3.05) is 31.0 Å². The van der Waals surface area contributed by atoms with E-state index in [9.17, 15) is 4.79 Å². The van der Waals surface area contributed by atoms with E-state index in [0.29, 0.717) is 23.8 Å². The van der Waals surface area contributed by atoms with Crippen molar-refractivity contribution in [3.63, 3.8) is 0 Å². The van der Waals surface area contributed by atoms with Crippen LogP contribution in [0.3, 0.4) is 0 Å². The highest BCUT2D eigenvalue weighted by Crippen LogP contribution is 2.36. The topological polar surface area (TPSA) is 100 Å². The summed E-state index contributed by atoms with van der Waals surface area (Å²) in [4.78, 5) is 23.4. The van der Waals surface area contributed by atoms with Gasteiger partial charge in [0.1, 0.15) is 11.8 Å². The van der Waals surface area contributed by atoms with Gasteiger partial charge in [-0.15, -0.1) is 0 Å². The molecule has 0 amide bonds. The van der Waals surface area contributed by atoms with E-state index in [1.54, 1.807) is 19.4 Å². The number of aromatic nitrogens is 2. The zero-order chi connectivity index (χ0) is 25.4. The highest BCUT2D eigenvalue weighted by Gasteiger charge is 2.29. The van der Waals surface area contributed by atoms with E-state index >= 15 is 0 Å². The van der Waals surface area contributed by atoms with Crippen LogP contribution in [0, 0.1) is 17.2 Å². The number of hydrogen-bond donors (Lipinski definition) is 1. The lowest BCUT2D eigenvalue weighted by Gasteiger charge is -2.39. The maximum absolute atomic E-state index is 11.9. The molecule has 1 saturated carbocycles. The fourth-order valence-corrected chi connectivity index (χ4v) is 4.60. The summed E-state index contributed by atoms with van der Waals surface area (Å²) in [5, 5.41) is 12.6. The van der Waals surface area contributed by atoms with Gasteiger partial charge in [0.15, 0.2) is 5.82 Å². The van der Waals surface area contributed by atoms with Gasteiger partial charge in [0.05, 0.1) is 37.2 Å². The Morgan fingerprint density at radius 2 is 1.91 bits per heavy atom. The predicted octanol–water partition coefficient (Wildman–Crippen LogP) is 5.18. The number of pyridine rings is 2. The molecule has 0 unspecified atom stereocenters. The molecule has 3 rings (SSSR count). The molecule has 2 aromatic rings. The quantitative estimate of drug-likeness (QED) is 0.465. The normalized spacial score (nSPS) is 18.5. The van der Waals surface area contributed by atoms with Gasteiger partial charge in [-0.1, -0.05) is 20.8 Å². The van der Waals surface area contributed by atoms with Crippen LogP contribution in [-0.2, 0) is 14.3 Å². The molecule has 8 heteroatoms. The molecule has 8 nitrogen and oxygen atoms in total. The van der Waals surface area contributed by atoms with E-state index < -0.39 is 0 Å². The number of carbonyl (C=O) groups is 1. The molecular weight excluding hydrogens is 442 g/mol. The van der Waals surface area contributed by atoms with Gasteiger partial charge in [-0.3, -0.25) is 4.79 Å². The molecule has 0 spiro atoms. The van der Waals surface area contributed by atoms with Crippen molar-refractivity contribution in [1.82, 2.24) is 9.97 Å². The molecule has 0 saturated heterocycles. The van der Waals surface area contributed by atoms with Crippen molar-refractivity contribution in [3.8, 4) is 6.07 Å². The number of nitriles is 1. The maximum Gasteiger partial charge on any atom is 0.306 e. The van der Waals surface area contributed by atoms with Gasteiger partial charge in [-0.2, -0.15) is 5.26 Å². The Hall–Kier alpha value is -3.18. The Labute approximate surface area is 208 Å². The number of ether oxygens (including phenoxy) is 2. The minimum atomic E-state index is -0.247. The van der Waals surface area contributed by atoms with Gasteiger partial charge in [-0.05, 0) is 61.3 Å². The number of anilines is 3. The lowest BCUT2D eigenvalue weighted by molar-refractivity contribution is -0.140. The molecule has 1 N–H and O–H groups in total. The lowest BCUT2D eigenvalue weighted by atomic mass is 9.91. The highest BCUT2D eigenvalue weighted by molar-refractivity contribution is 5.74. The van der Waals surface area contributed by atoms with Crippen molar-refractivity contribution < 1.29 is 14.3 Å². The SMILES string of the molecule is COC(=O)C[C@@H](C)c1cnc(N(CC(C)C)[C@H]2CC[C@@H](OC)CC2)c(Nc2ccc(C#N)nc2)c1.